The van der Waals surface area contributed by atoms with E-state index in [4.69, 9.17) is 4.74 Å². The summed E-state index contributed by atoms with van der Waals surface area (Å²) in [7, 11) is 2.09. The molecule has 1 heterocycles. The Morgan fingerprint density at radius 2 is 2.11 bits per heavy atom. The average Bonchev–Trinajstić information content (AvgIpc) is 2.87. The third kappa shape index (κ3) is 4.82. The smallest absolute Gasteiger partial charge is 0.306 e. The molecule has 0 aliphatic carbocycles. The Balaban J connectivity index is 2.54. The Morgan fingerprint density at radius 1 is 1.42 bits per heavy atom. The summed E-state index contributed by atoms with van der Waals surface area (Å²) in [6.45, 7) is 6.65. The van der Waals surface area contributed by atoms with E-state index in [2.05, 4.69) is 30.8 Å². The number of carbonyl (C=O) groups is 1. The zero-order valence-electron chi connectivity index (χ0n) is 12.3. The highest BCUT2D eigenvalue weighted by atomic mass is 32.1. The molecule has 0 atom stereocenters. The molecule has 1 rings (SSSR count). The van der Waals surface area contributed by atoms with E-state index in [9.17, 15) is 4.79 Å². The Kier molecular flexibility index (Phi) is 6.84. The zero-order chi connectivity index (χ0) is 14.3. The van der Waals surface area contributed by atoms with E-state index in [1.165, 1.54) is 0 Å². The molecule has 5 heteroatoms. The summed E-state index contributed by atoms with van der Waals surface area (Å²) in [6.07, 6.45) is 3.30. The molecular weight excluding hydrogens is 260 g/mol. The molecule has 0 radical (unpaired) electrons. The minimum atomic E-state index is -0.148. The van der Waals surface area contributed by atoms with E-state index >= 15 is 0 Å². The Bertz CT molecular complexity index is 389. The van der Waals surface area contributed by atoms with Crippen LogP contribution in [0, 0.1) is 0 Å². The maximum Gasteiger partial charge on any atom is 0.306 e. The average molecular weight is 284 g/mol. The first-order chi connectivity index (χ1) is 9.12. The lowest BCUT2D eigenvalue weighted by Crippen LogP contribution is -2.30. The minimum Gasteiger partial charge on any atom is -0.466 e. The van der Waals surface area contributed by atoms with E-state index in [0.29, 0.717) is 25.5 Å². The molecule has 4 nitrogen and oxygen atoms in total. The molecule has 0 saturated carbocycles. The molecule has 0 unspecified atom stereocenters. The summed E-state index contributed by atoms with van der Waals surface area (Å²) >= 11 is 1.64. The van der Waals surface area contributed by atoms with Crippen LogP contribution >= 0.6 is 11.3 Å². The van der Waals surface area contributed by atoms with Crippen molar-refractivity contribution >= 4 is 22.4 Å². The van der Waals surface area contributed by atoms with Crippen molar-refractivity contribution in [2.24, 2.45) is 0 Å². The van der Waals surface area contributed by atoms with E-state index in [1.807, 2.05) is 12.3 Å². The fourth-order valence-electron chi connectivity index (χ4n) is 2.03. The van der Waals surface area contributed by atoms with Crippen molar-refractivity contribution in [2.45, 2.75) is 52.5 Å². The van der Waals surface area contributed by atoms with Gasteiger partial charge in [0.25, 0.3) is 0 Å². The molecule has 108 valence electrons. The van der Waals surface area contributed by atoms with Crippen LogP contribution in [0.15, 0.2) is 5.38 Å². The lowest BCUT2D eigenvalue weighted by Gasteiger charge is -2.25. The predicted octanol–water partition coefficient (Wildman–Crippen LogP) is 3.26. The lowest BCUT2D eigenvalue weighted by atomic mass is 10.1. The van der Waals surface area contributed by atoms with Crippen LogP contribution in [-0.4, -0.2) is 30.6 Å². The topological polar surface area (TPSA) is 42.4 Å². The van der Waals surface area contributed by atoms with Crippen molar-refractivity contribution in [3.63, 3.8) is 0 Å². The maximum atomic E-state index is 11.3. The Morgan fingerprint density at radius 3 is 2.68 bits per heavy atom. The van der Waals surface area contributed by atoms with Crippen molar-refractivity contribution in [1.29, 1.82) is 0 Å². The zero-order valence-corrected chi connectivity index (χ0v) is 13.1. The first-order valence-corrected chi connectivity index (χ1v) is 7.83. The first kappa shape index (κ1) is 16.0. The SMILES string of the molecule is CCOC(=O)CCc1csc(N(C)C(CC)CC)n1. The maximum absolute atomic E-state index is 11.3. The van der Waals surface area contributed by atoms with Crippen LogP contribution in [0.4, 0.5) is 5.13 Å². The second kappa shape index (κ2) is 8.15. The quantitative estimate of drug-likeness (QED) is 0.687. The number of thiazole rings is 1. The second-order valence-corrected chi connectivity index (χ2v) is 5.34. The van der Waals surface area contributed by atoms with Crippen LogP contribution in [-0.2, 0) is 16.0 Å². The molecule has 0 bridgehead atoms. The predicted molar refractivity (Wildman–Crippen MR) is 79.8 cm³/mol. The van der Waals surface area contributed by atoms with Gasteiger partial charge < -0.3 is 9.64 Å². The molecule has 0 fully saturated rings. The molecule has 0 aromatic carbocycles. The van der Waals surface area contributed by atoms with E-state index in [0.717, 1.165) is 23.7 Å². The molecular formula is C14H24N2O2S. The Hall–Kier alpha value is -1.10. The van der Waals surface area contributed by atoms with Crippen LogP contribution in [0.3, 0.4) is 0 Å². The van der Waals surface area contributed by atoms with E-state index in [1.54, 1.807) is 11.3 Å². The third-order valence-electron chi connectivity index (χ3n) is 3.22. The molecule has 19 heavy (non-hydrogen) atoms. The molecule has 0 saturated heterocycles. The van der Waals surface area contributed by atoms with Crippen molar-refractivity contribution < 1.29 is 9.53 Å². The number of anilines is 1. The summed E-state index contributed by atoms with van der Waals surface area (Å²) in [5, 5.41) is 3.07. The van der Waals surface area contributed by atoms with Gasteiger partial charge in [0, 0.05) is 24.9 Å². The molecule has 0 aliphatic rings. The van der Waals surface area contributed by atoms with Gasteiger partial charge in [-0.25, -0.2) is 4.98 Å². The van der Waals surface area contributed by atoms with Crippen LogP contribution in [0.1, 0.15) is 45.7 Å². The van der Waals surface area contributed by atoms with Crippen molar-refractivity contribution in [3.8, 4) is 0 Å². The minimum absolute atomic E-state index is 0.148. The molecule has 0 aliphatic heterocycles. The lowest BCUT2D eigenvalue weighted by molar-refractivity contribution is -0.143. The van der Waals surface area contributed by atoms with E-state index < -0.39 is 0 Å². The van der Waals surface area contributed by atoms with Gasteiger partial charge in [-0.05, 0) is 19.8 Å². The highest BCUT2D eigenvalue weighted by molar-refractivity contribution is 7.13. The van der Waals surface area contributed by atoms with Crippen molar-refractivity contribution in [3.05, 3.63) is 11.1 Å². The number of aryl methyl sites for hydroxylation is 1. The van der Waals surface area contributed by atoms with Gasteiger partial charge >= 0.3 is 5.97 Å². The highest BCUT2D eigenvalue weighted by Gasteiger charge is 2.15. The standard InChI is InChI=1S/C14H24N2O2S/c1-5-12(6-2)16(4)14-15-11(10-19-14)8-9-13(17)18-7-3/h10,12H,5-9H2,1-4H3. The summed E-state index contributed by atoms with van der Waals surface area (Å²) in [4.78, 5) is 18.1. The van der Waals surface area contributed by atoms with Crippen LogP contribution in [0.25, 0.3) is 0 Å². The van der Waals surface area contributed by atoms with Gasteiger partial charge in [-0.1, -0.05) is 13.8 Å². The number of aromatic nitrogens is 1. The number of hydrogen-bond acceptors (Lipinski definition) is 5. The van der Waals surface area contributed by atoms with E-state index in [-0.39, 0.29) is 5.97 Å². The van der Waals surface area contributed by atoms with Crippen molar-refractivity contribution in [2.75, 3.05) is 18.6 Å². The van der Waals surface area contributed by atoms with Crippen LogP contribution in [0.5, 0.6) is 0 Å². The van der Waals surface area contributed by atoms with Gasteiger partial charge in [0.1, 0.15) is 0 Å². The second-order valence-electron chi connectivity index (χ2n) is 4.51. The largest absolute Gasteiger partial charge is 0.466 e. The number of carbonyl (C=O) groups excluding carboxylic acids is 1. The summed E-state index contributed by atoms with van der Waals surface area (Å²) in [5.41, 5.74) is 0.978. The van der Waals surface area contributed by atoms with Crippen molar-refractivity contribution in [1.82, 2.24) is 4.98 Å². The molecule has 1 aromatic rings. The van der Waals surface area contributed by atoms with Crippen LogP contribution < -0.4 is 4.90 Å². The summed E-state index contributed by atoms with van der Waals surface area (Å²) in [5.74, 6) is -0.148. The highest BCUT2D eigenvalue weighted by Crippen LogP contribution is 2.23. The van der Waals surface area contributed by atoms with Gasteiger partial charge in [0.15, 0.2) is 5.13 Å². The third-order valence-corrected chi connectivity index (χ3v) is 4.20. The van der Waals surface area contributed by atoms with Gasteiger partial charge in [-0.15, -0.1) is 11.3 Å². The molecule has 0 spiro atoms. The van der Waals surface area contributed by atoms with Gasteiger partial charge in [0.2, 0.25) is 0 Å². The first-order valence-electron chi connectivity index (χ1n) is 6.95. The molecule has 1 aromatic heterocycles. The Labute approximate surface area is 119 Å². The van der Waals surface area contributed by atoms with Gasteiger partial charge in [-0.2, -0.15) is 0 Å². The van der Waals surface area contributed by atoms with Gasteiger partial charge in [-0.3, -0.25) is 4.79 Å². The summed E-state index contributed by atoms with van der Waals surface area (Å²) in [6, 6.07) is 0.532. The fraction of sp³-hybridized carbons (Fsp3) is 0.714. The number of nitrogens with zero attached hydrogens (tertiary/aromatic N) is 2. The number of hydrogen-bond donors (Lipinski definition) is 0. The van der Waals surface area contributed by atoms with Crippen LogP contribution in [0.2, 0.25) is 0 Å². The monoisotopic (exact) mass is 284 g/mol. The molecule has 0 amide bonds. The summed E-state index contributed by atoms with van der Waals surface area (Å²) < 4.78 is 4.92. The normalized spacial score (nSPS) is 10.8. The fourth-order valence-corrected chi connectivity index (χ4v) is 2.93. The van der Waals surface area contributed by atoms with Gasteiger partial charge in [0.05, 0.1) is 18.7 Å². The molecule has 0 N–H and O–H groups in total. The number of esters is 1. The number of rotatable bonds is 8. The number of ether oxygens (including phenoxy) is 1.